The van der Waals surface area contributed by atoms with Gasteiger partial charge in [-0.05, 0) is 35.0 Å². The molecule has 3 rings (SSSR count). The first-order valence-corrected chi connectivity index (χ1v) is 13.9. The summed E-state index contributed by atoms with van der Waals surface area (Å²) in [7, 11) is -0.325. The van der Waals surface area contributed by atoms with E-state index in [9.17, 15) is 18.8 Å². The van der Waals surface area contributed by atoms with Crippen molar-refractivity contribution in [3.63, 3.8) is 0 Å². The highest BCUT2D eigenvalue weighted by Crippen LogP contribution is 2.22. The fourth-order valence-corrected chi connectivity index (χ4v) is 4.93. The van der Waals surface area contributed by atoms with Crippen molar-refractivity contribution >= 4 is 36.7 Å². The lowest BCUT2D eigenvalue weighted by molar-refractivity contribution is -0.129. The van der Waals surface area contributed by atoms with E-state index in [0.717, 1.165) is 0 Å². The minimum absolute atomic E-state index is 0.0755. The van der Waals surface area contributed by atoms with E-state index in [1.165, 1.54) is 13.2 Å². The molecule has 0 radical (unpaired) electrons. The molecule has 170 valence electrons. The molecular formula is C23H28FN3O4Si. The second-order valence-electron chi connectivity index (χ2n) is 8.85. The van der Waals surface area contributed by atoms with E-state index in [2.05, 4.69) is 16.0 Å². The van der Waals surface area contributed by atoms with Crippen LogP contribution < -0.4 is 25.9 Å². The highest BCUT2D eigenvalue weighted by molar-refractivity contribution is 6.88. The van der Waals surface area contributed by atoms with Gasteiger partial charge in [-0.25, -0.2) is 4.39 Å². The summed E-state index contributed by atoms with van der Waals surface area (Å²) in [6, 6.07) is 10.4. The van der Waals surface area contributed by atoms with Crippen LogP contribution in [0.3, 0.4) is 0 Å². The van der Waals surface area contributed by atoms with Gasteiger partial charge in [0.1, 0.15) is 17.6 Å². The minimum atomic E-state index is -1.86. The number of ether oxygens (including phenoxy) is 1. The Morgan fingerprint density at radius 3 is 2.38 bits per heavy atom. The third-order valence-corrected chi connectivity index (χ3v) is 7.41. The summed E-state index contributed by atoms with van der Waals surface area (Å²) in [5.74, 6) is -1.42. The number of amides is 3. The Bertz CT molecular complexity index is 1020. The lowest BCUT2D eigenvalue weighted by atomic mass is 10.0. The fourth-order valence-electron chi connectivity index (χ4n) is 3.56. The Morgan fingerprint density at radius 2 is 1.84 bits per heavy atom. The molecule has 1 heterocycles. The molecule has 0 aromatic heterocycles. The monoisotopic (exact) mass is 457 g/mol. The molecule has 1 fully saturated rings. The molecule has 3 amide bonds. The van der Waals surface area contributed by atoms with Gasteiger partial charge < -0.3 is 20.7 Å². The first-order chi connectivity index (χ1) is 15.1. The predicted octanol–water partition coefficient (Wildman–Crippen LogP) is 2.31. The molecule has 3 N–H and O–H groups in total. The van der Waals surface area contributed by atoms with Gasteiger partial charge >= 0.3 is 0 Å². The van der Waals surface area contributed by atoms with E-state index in [0.29, 0.717) is 22.2 Å². The average molecular weight is 458 g/mol. The van der Waals surface area contributed by atoms with Crippen molar-refractivity contribution in [2.24, 2.45) is 5.92 Å². The minimum Gasteiger partial charge on any atom is -0.497 e. The molecule has 1 aliphatic heterocycles. The number of methoxy groups -OCH3 is 1. The van der Waals surface area contributed by atoms with E-state index in [-0.39, 0.29) is 24.7 Å². The predicted molar refractivity (Wildman–Crippen MR) is 123 cm³/mol. The molecule has 0 saturated carbocycles. The summed E-state index contributed by atoms with van der Waals surface area (Å²) < 4.78 is 19.8. The van der Waals surface area contributed by atoms with E-state index < -0.39 is 31.8 Å². The molecule has 32 heavy (non-hydrogen) atoms. The molecule has 2 aromatic rings. The largest absolute Gasteiger partial charge is 0.497 e. The molecule has 2 atom stereocenters. The third-order valence-electron chi connectivity index (χ3n) is 5.39. The summed E-state index contributed by atoms with van der Waals surface area (Å²) >= 11 is 0. The number of benzene rings is 2. The van der Waals surface area contributed by atoms with E-state index in [1.807, 2.05) is 19.6 Å². The number of nitrogens with one attached hydrogen (secondary N) is 3. The van der Waals surface area contributed by atoms with Crippen molar-refractivity contribution in [3.05, 3.63) is 53.8 Å². The number of carbonyl (C=O) groups is 3. The van der Waals surface area contributed by atoms with Crippen molar-refractivity contribution in [1.29, 1.82) is 0 Å². The van der Waals surface area contributed by atoms with E-state index in [1.54, 1.807) is 36.4 Å². The Labute approximate surface area is 187 Å². The van der Waals surface area contributed by atoms with Crippen LogP contribution in [0, 0.1) is 11.7 Å². The normalized spacial score (nSPS) is 16.8. The number of rotatable bonds is 7. The van der Waals surface area contributed by atoms with Crippen LogP contribution in [0.25, 0.3) is 0 Å². The smallest absolute Gasteiger partial charge is 0.251 e. The van der Waals surface area contributed by atoms with E-state index in [4.69, 9.17) is 4.74 Å². The fraction of sp³-hybridized carbons (Fsp3) is 0.348. The molecule has 1 aliphatic rings. The molecule has 1 unspecified atom stereocenters. The van der Waals surface area contributed by atoms with Crippen LogP contribution in [-0.2, 0) is 14.4 Å². The topological polar surface area (TPSA) is 96.5 Å². The number of halogens is 1. The lowest BCUT2D eigenvalue weighted by Crippen LogP contribution is -2.41. The van der Waals surface area contributed by atoms with Gasteiger partial charge in [-0.1, -0.05) is 37.8 Å². The zero-order valence-electron chi connectivity index (χ0n) is 18.6. The SMILES string of the molecule is COc1ccc(C(NC(=O)[C@@H]2CNC(=O)C2)C(=O)Nc2ccc([Si](C)(C)C)c(F)c2)cc1. The van der Waals surface area contributed by atoms with Crippen molar-refractivity contribution in [3.8, 4) is 5.75 Å². The lowest BCUT2D eigenvalue weighted by Gasteiger charge is -2.22. The first kappa shape index (κ1) is 23.5. The van der Waals surface area contributed by atoms with Gasteiger partial charge in [-0.15, -0.1) is 0 Å². The molecule has 0 bridgehead atoms. The number of anilines is 1. The number of hydrogen-bond donors (Lipinski definition) is 3. The standard InChI is InChI=1S/C23H28FN3O4Si/c1-31-17-8-5-14(6-9-17)21(27-22(29)15-11-20(28)25-13-15)23(30)26-16-7-10-19(18(24)12-16)32(2,3)4/h5-10,12,15,21H,11,13H2,1-4H3,(H,25,28)(H,26,30)(H,27,29)/t15-,21?/m0/s1. The van der Waals surface area contributed by atoms with Gasteiger partial charge in [-0.3, -0.25) is 14.4 Å². The Balaban J connectivity index is 1.83. The number of carbonyl (C=O) groups excluding carboxylic acids is 3. The van der Waals surface area contributed by atoms with E-state index >= 15 is 0 Å². The second kappa shape index (κ2) is 9.52. The Hall–Kier alpha value is -3.20. The van der Waals surface area contributed by atoms with Crippen LogP contribution in [0.5, 0.6) is 5.75 Å². The Kier molecular flexibility index (Phi) is 6.98. The number of hydrogen-bond acceptors (Lipinski definition) is 4. The zero-order valence-corrected chi connectivity index (χ0v) is 19.6. The summed E-state index contributed by atoms with van der Waals surface area (Å²) in [4.78, 5) is 37.3. The van der Waals surface area contributed by atoms with Crippen LogP contribution in [0.4, 0.5) is 10.1 Å². The van der Waals surface area contributed by atoms with Crippen LogP contribution in [-0.4, -0.2) is 39.4 Å². The molecule has 9 heteroatoms. The van der Waals surface area contributed by atoms with Gasteiger partial charge in [0.05, 0.1) is 21.1 Å². The molecule has 0 aliphatic carbocycles. The van der Waals surface area contributed by atoms with Crippen LogP contribution in [0.2, 0.25) is 19.6 Å². The summed E-state index contributed by atoms with van der Waals surface area (Å²) in [6.07, 6.45) is 0.0755. The van der Waals surface area contributed by atoms with Crippen LogP contribution in [0.1, 0.15) is 18.0 Å². The third kappa shape index (κ3) is 5.53. The zero-order chi connectivity index (χ0) is 23.5. The average Bonchev–Trinajstić information content (AvgIpc) is 3.17. The summed E-state index contributed by atoms with van der Waals surface area (Å²) in [5.41, 5.74) is 0.841. The molecule has 1 saturated heterocycles. The van der Waals surface area contributed by atoms with Gasteiger partial charge in [-0.2, -0.15) is 0 Å². The summed E-state index contributed by atoms with van der Waals surface area (Å²) in [6.45, 7) is 6.36. The van der Waals surface area contributed by atoms with Gasteiger partial charge in [0.25, 0.3) is 5.91 Å². The van der Waals surface area contributed by atoms with Crippen molar-refractivity contribution in [1.82, 2.24) is 10.6 Å². The van der Waals surface area contributed by atoms with Crippen molar-refractivity contribution in [2.75, 3.05) is 19.0 Å². The molecule has 7 nitrogen and oxygen atoms in total. The molecule has 2 aromatic carbocycles. The van der Waals surface area contributed by atoms with Gasteiger partial charge in [0.2, 0.25) is 11.8 Å². The van der Waals surface area contributed by atoms with Crippen molar-refractivity contribution in [2.45, 2.75) is 32.1 Å². The Morgan fingerprint density at radius 1 is 1.16 bits per heavy atom. The molecule has 0 spiro atoms. The highest BCUT2D eigenvalue weighted by atomic mass is 28.3. The van der Waals surface area contributed by atoms with Gasteiger partial charge in [0.15, 0.2) is 0 Å². The maximum atomic E-state index is 14.6. The highest BCUT2D eigenvalue weighted by Gasteiger charge is 2.32. The maximum Gasteiger partial charge on any atom is 0.251 e. The van der Waals surface area contributed by atoms with Crippen LogP contribution >= 0.6 is 0 Å². The second-order valence-corrected chi connectivity index (χ2v) is 13.9. The first-order valence-electron chi connectivity index (χ1n) is 10.4. The molecular weight excluding hydrogens is 429 g/mol. The van der Waals surface area contributed by atoms with Crippen LogP contribution in [0.15, 0.2) is 42.5 Å². The van der Waals surface area contributed by atoms with Gasteiger partial charge in [0, 0.05) is 18.7 Å². The summed E-state index contributed by atoms with van der Waals surface area (Å²) in [5, 5.41) is 8.72. The quantitative estimate of drug-likeness (QED) is 0.556. The van der Waals surface area contributed by atoms with Crippen molar-refractivity contribution < 1.29 is 23.5 Å². The maximum absolute atomic E-state index is 14.6.